The van der Waals surface area contributed by atoms with E-state index in [1.54, 1.807) is 6.26 Å². The van der Waals surface area contributed by atoms with Crippen molar-refractivity contribution in [3.05, 3.63) is 24.2 Å². The summed E-state index contributed by atoms with van der Waals surface area (Å²) in [6, 6.07) is 4.50. The van der Waals surface area contributed by atoms with Crippen molar-refractivity contribution in [1.29, 1.82) is 0 Å². The Kier molecular flexibility index (Phi) is 3.68. The van der Waals surface area contributed by atoms with Crippen molar-refractivity contribution in [1.82, 2.24) is 10.2 Å². The molecule has 0 saturated carbocycles. The highest BCUT2D eigenvalue weighted by atomic mass is 16.5. The Morgan fingerprint density at radius 1 is 1.39 bits per heavy atom. The summed E-state index contributed by atoms with van der Waals surface area (Å²) in [5.41, 5.74) is 0. The summed E-state index contributed by atoms with van der Waals surface area (Å²) in [5.74, 6) is 1.00. The number of likely N-dealkylation sites (tertiary alicyclic amines) is 1. The Morgan fingerprint density at radius 3 is 2.83 bits per heavy atom. The number of nitrogens with one attached hydrogen (secondary N) is 1. The lowest BCUT2D eigenvalue weighted by Crippen LogP contribution is -2.49. The largest absolute Gasteiger partial charge is 0.468 e. The van der Waals surface area contributed by atoms with E-state index in [4.69, 9.17) is 9.15 Å². The number of hydrogen-bond acceptors (Lipinski definition) is 4. The third kappa shape index (κ3) is 2.76. The van der Waals surface area contributed by atoms with E-state index < -0.39 is 0 Å². The molecule has 3 heterocycles. The molecule has 1 aromatic heterocycles. The minimum Gasteiger partial charge on any atom is -0.468 e. The van der Waals surface area contributed by atoms with Crippen LogP contribution in [-0.4, -0.2) is 42.8 Å². The molecular weight excluding hydrogens is 228 g/mol. The molecule has 0 aromatic carbocycles. The van der Waals surface area contributed by atoms with Crippen molar-refractivity contribution in [2.75, 3.05) is 19.6 Å². The van der Waals surface area contributed by atoms with Crippen LogP contribution in [0.1, 0.15) is 25.5 Å². The van der Waals surface area contributed by atoms with Gasteiger partial charge in [-0.05, 0) is 31.9 Å². The highest BCUT2D eigenvalue weighted by molar-refractivity contribution is 4.97. The van der Waals surface area contributed by atoms with Crippen LogP contribution in [0, 0.1) is 0 Å². The predicted octanol–water partition coefficient (Wildman–Crippen LogP) is 1.62. The van der Waals surface area contributed by atoms with E-state index in [-0.39, 0.29) is 0 Å². The van der Waals surface area contributed by atoms with Gasteiger partial charge in [0.25, 0.3) is 0 Å². The summed E-state index contributed by atoms with van der Waals surface area (Å²) < 4.78 is 11.2. The van der Waals surface area contributed by atoms with Crippen LogP contribution in [0.15, 0.2) is 22.8 Å². The van der Waals surface area contributed by atoms with Crippen molar-refractivity contribution < 1.29 is 9.15 Å². The fourth-order valence-electron chi connectivity index (χ4n) is 2.95. The van der Waals surface area contributed by atoms with Crippen LogP contribution in [-0.2, 0) is 11.3 Å². The maximum Gasteiger partial charge on any atom is 0.117 e. The van der Waals surface area contributed by atoms with Gasteiger partial charge in [-0.3, -0.25) is 4.90 Å². The summed E-state index contributed by atoms with van der Waals surface area (Å²) in [5, 5.41) is 3.46. The maximum absolute atomic E-state index is 5.86. The summed E-state index contributed by atoms with van der Waals surface area (Å²) in [7, 11) is 0. The van der Waals surface area contributed by atoms with E-state index >= 15 is 0 Å². The SMILES string of the molecule is CC(CNCc1ccco1)N1CC2CCC(C1)O2. The van der Waals surface area contributed by atoms with E-state index in [1.165, 1.54) is 12.8 Å². The number of nitrogens with zero attached hydrogens (tertiary/aromatic N) is 1. The van der Waals surface area contributed by atoms with Crippen LogP contribution < -0.4 is 5.32 Å². The molecule has 2 fully saturated rings. The highest BCUT2D eigenvalue weighted by Gasteiger charge is 2.35. The van der Waals surface area contributed by atoms with Crippen molar-refractivity contribution in [3.63, 3.8) is 0 Å². The van der Waals surface area contributed by atoms with Gasteiger partial charge >= 0.3 is 0 Å². The number of rotatable bonds is 5. The first-order valence-electron chi connectivity index (χ1n) is 6.94. The second kappa shape index (κ2) is 5.43. The van der Waals surface area contributed by atoms with Crippen molar-refractivity contribution in [3.8, 4) is 0 Å². The van der Waals surface area contributed by atoms with Gasteiger partial charge in [0.1, 0.15) is 5.76 Å². The minimum atomic E-state index is 0.483. The van der Waals surface area contributed by atoms with E-state index in [9.17, 15) is 0 Å². The van der Waals surface area contributed by atoms with Gasteiger partial charge in [-0.1, -0.05) is 0 Å². The molecule has 0 radical (unpaired) electrons. The molecule has 3 atom stereocenters. The Hall–Kier alpha value is -0.840. The van der Waals surface area contributed by atoms with Crippen LogP contribution in [0.5, 0.6) is 0 Å². The quantitative estimate of drug-likeness (QED) is 0.862. The topological polar surface area (TPSA) is 37.6 Å². The van der Waals surface area contributed by atoms with Crippen LogP contribution in [0.4, 0.5) is 0 Å². The molecule has 3 rings (SSSR count). The van der Waals surface area contributed by atoms with E-state index in [1.807, 2.05) is 12.1 Å². The number of ether oxygens (including phenoxy) is 1. The number of morpholine rings is 1. The standard InChI is InChI=1S/C14H22N2O2/c1-11(7-15-8-12-3-2-6-17-12)16-9-13-4-5-14(10-16)18-13/h2-3,6,11,13-15H,4-5,7-10H2,1H3. The Bertz CT molecular complexity index is 354. The summed E-state index contributed by atoms with van der Waals surface area (Å²) in [6.45, 7) is 6.30. The number of furan rings is 1. The molecule has 100 valence electrons. The highest BCUT2D eigenvalue weighted by Crippen LogP contribution is 2.27. The number of hydrogen-bond donors (Lipinski definition) is 1. The Balaban J connectivity index is 1.42. The summed E-state index contributed by atoms with van der Waals surface area (Å²) in [4.78, 5) is 2.56. The van der Waals surface area contributed by atoms with Gasteiger partial charge in [0.2, 0.25) is 0 Å². The van der Waals surface area contributed by atoms with E-state index in [2.05, 4.69) is 17.1 Å². The molecule has 2 aliphatic heterocycles. The van der Waals surface area contributed by atoms with Gasteiger partial charge in [-0.15, -0.1) is 0 Å². The monoisotopic (exact) mass is 250 g/mol. The fourth-order valence-corrected chi connectivity index (χ4v) is 2.95. The zero-order valence-corrected chi connectivity index (χ0v) is 11.0. The van der Waals surface area contributed by atoms with E-state index in [0.29, 0.717) is 18.2 Å². The molecule has 0 spiro atoms. The first kappa shape index (κ1) is 12.2. The van der Waals surface area contributed by atoms with Crippen LogP contribution in [0.3, 0.4) is 0 Å². The average Bonchev–Trinajstić information content (AvgIpc) is 2.99. The molecule has 2 bridgehead atoms. The molecule has 2 aliphatic rings. The van der Waals surface area contributed by atoms with Crippen LogP contribution in [0.25, 0.3) is 0 Å². The van der Waals surface area contributed by atoms with Gasteiger partial charge in [0, 0.05) is 25.7 Å². The van der Waals surface area contributed by atoms with Crippen molar-refractivity contribution >= 4 is 0 Å². The molecule has 4 heteroatoms. The molecule has 1 N–H and O–H groups in total. The Morgan fingerprint density at radius 2 is 2.17 bits per heavy atom. The van der Waals surface area contributed by atoms with Crippen molar-refractivity contribution in [2.24, 2.45) is 0 Å². The zero-order chi connectivity index (χ0) is 12.4. The molecule has 18 heavy (non-hydrogen) atoms. The normalized spacial score (nSPS) is 29.6. The lowest BCUT2D eigenvalue weighted by molar-refractivity contribution is -0.0501. The van der Waals surface area contributed by atoms with Gasteiger partial charge < -0.3 is 14.5 Å². The van der Waals surface area contributed by atoms with Gasteiger partial charge in [-0.25, -0.2) is 0 Å². The smallest absolute Gasteiger partial charge is 0.117 e. The summed E-state index contributed by atoms with van der Waals surface area (Å²) in [6.07, 6.45) is 5.18. The fraction of sp³-hybridized carbons (Fsp3) is 0.714. The number of fused-ring (bicyclic) bond motifs is 2. The average molecular weight is 250 g/mol. The third-order valence-corrected chi connectivity index (χ3v) is 4.01. The second-order valence-corrected chi connectivity index (χ2v) is 5.47. The lowest BCUT2D eigenvalue weighted by Gasteiger charge is -2.36. The third-order valence-electron chi connectivity index (χ3n) is 4.01. The Labute approximate surface area is 108 Å². The maximum atomic E-state index is 5.86. The van der Waals surface area contributed by atoms with Crippen LogP contribution >= 0.6 is 0 Å². The molecular formula is C14H22N2O2. The van der Waals surface area contributed by atoms with Gasteiger partial charge in [0.15, 0.2) is 0 Å². The lowest BCUT2D eigenvalue weighted by atomic mass is 10.2. The van der Waals surface area contributed by atoms with Gasteiger partial charge in [-0.2, -0.15) is 0 Å². The van der Waals surface area contributed by atoms with Crippen molar-refractivity contribution in [2.45, 2.75) is 44.6 Å². The zero-order valence-electron chi connectivity index (χ0n) is 11.0. The molecule has 2 saturated heterocycles. The molecule has 0 amide bonds. The first-order valence-corrected chi connectivity index (χ1v) is 6.94. The molecule has 4 nitrogen and oxygen atoms in total. The minimum absolute atomic E-state index is 0.483. The van der Waals surface area contributed by atoms with Crippen LogP contribution in [0.2, 0.25) is 0 Å². The summed E-state index contributed by atoms with van der Waals surface area (Å²) >= 11 is 0. The second-order valence-electron chi connectivity index (χ2n) is 5.47. The molecule has 0 aliphatic carbocycles. The predicted molar refractivity (Wildman–Crippen MR) is 69.3 cm³/mol. The molecule has 1 aromatic rings. The van der Waals surface area contributed by atoms with E-state index in [0.717, 1.165) is 31.9 Å². The first-order chi connectivity index (χ1) is 8.81. The van der Waals surface area contributed by atoms with Gasteiger partial charge in [0.05, 0.1) is 25.0 Å². The molecule has 3 unspecified atom stereocenters.